The normalized spacial score (nSPS) is 16.0. The molecule has 26 nitrogen and oxygen atoms in total. The molecule has 4 atom stereocenters. The summed E-state index contributed by atoms with van der Waals surface area (Å²) >= 11 is 0. The summed E-state index contributed by atoms with van der Waals surface area (Å²) in [6, 6.07) is 8.37. The summed E-state index contributed by atoms with van der Waals surface area (Å²) in [6.07, 6.45) is 4.17. The van der Waals surface area contributed by atoms with Gasteiger partial charge in [-0.1, -0.05) is 70.6 Å². The molecule has 3 aliphatic rings. The van der Waals surface area contributed by atoms with Crippen molar-refractivity contribution in [2.45, 2.75) is 136 Å². The molecule has 4 aromatic rings. The number of pyridine rings is 2. The van der Waals surface area contributed by atoms with Gasteiger partial charge in [-0.2, -0.15) is 0 Å². The van der Waals surface area contributed by atoms with Crippen molar-refractivity contribution < 1.29 is 85.6 Å². The predicted molar refractivity (Wildman–Crippen MR) is 343 cm³/mol. The van der Waals surface area contributed by atoms with Gasteiger partial charge in [-0.3, -0.25) is 19.2 Å². The van der Waals surface area contributed by atoms with Crippen molar-refractivity contribution in [1.29, 1.82) is 0 Å². The van der Waals surface area contributed by atoms with Crippen molar-refractivity contribution in [2.75, 3.05) is 131 Å². The van der Waals surface area contributed by atoms with Gasteiger partial charge in [-0.15, -0.1) is 0 Å². The van der Waals surface area contributed by atoms with Gasteiger partial charge in [0.1, 0.15) is 19.0 Å². The smallest absolute Gasteiger partial charge is 0.407 e. The molecule has 0 saturated carbocycles. The summed E-state index contributed by atoms with van der Waals surface area (Å²) in [7, 11) is 0. The van der Waals surface area contributed by atoms with E-state index in [1.54, 1.807) is 44.2 Å². The topological polar surface area (TPSA) is 327 Å². The molecule has 94 heavy (non-hydrogen) atoms. The number of aryl methyl sites for hydroxylation is 1. The van der Waals surface area contributed by atoms with E-state index >= 15 is 4.39 Å². The largest absolute Gasteiger partial charge is 0.458 e. The molecule has 0 unspecified atom stereocenters. The van der Waals surface area contributed by atoms with Crippen molar-refractivity contribution in [3.05, 3.63) is 102 Å². The van der Waals surface area contributed by atoms with Crippen LogP contribution in [0.25, 0.3) is 32.7 Å². The Hall–Kier alpha value is -7.01. The fourth-order valence-corrected chi connectivity index (χ4v) is 11.5. The number of fused-ring (bicyclic) bond motifs is 5. The average Bonchev–Trinajstić information content (AvgIpc) is 1.48. The van der Waals surface area contributed by atoms with Gasteiger partial charge >= 0.3 is 12.1 Å². The van der Waals surface area contributed by atoms with Crippen LogP contribution in [0.15, 0.2) is 46.3 Å². The number of Topliss-reactive ketones (excluding diaryl/α,β-unsaturated/α-hetero) is 1. The number of hydrogen-bond acceptors (Lipinski definition) is 20. The van der Waals surface area contributed by atoms with Crippen LogP contribution in [0.5, 0.6) is 0 Å². The van der Waals surface area contributed by atoms with Gasteiger partial charge < -0.3 is 77.7 Å². The Balaban J connectivity index is 0.773. The highest BCUT2D eigenvalue weighted by Gasteiger charge is 2.46. The van der Waals surface area contributed by atoms with E-state index < -0.39 is 47.0 Å². The molecule has 1 aliphatic carbocycles. The lowest BCUT2D eigenvalue weighted by atomic mass is 9.81. The van der Waals surface area contributed by atoms with Gasteiger partial charge in [-0.25, -0.2) is 19.0 Å². The number of aliphatic hydroxyl groups is 1. The number of benzene rings is 2. The maximum absolute atomic E-state index is 15.5. The number of ether oxygens (including phenoxy) is 11. The Kier molecular flexibility index (Phi) is 31.0. The number of unbranched alkanes of at least 4 members (excludes halogenated alkanes) is 3. The molecule has 0 radical (unpaired) electrons. The zero-order valence-corrected chi connectivity index (χ0v) is 54.9. The van der Waals surface area contributed by atoms with Crippen LogP contribution in [0, 0.1) is 24.6 Å². The number of azide groups is 1. The van der Waals surface area contributed by atoms with Gasteiger partial charge in [-0.05, 0) is 84.5 Å². The highest BCUT2D eigenvalue weighted by molar-refractivity contribution is 5.98. The predicted octanol–water partition coefficient (Wildman–Crippen LogP) is 7.92. The molecule has 27 heteroatoms. The molecule has 0 bridgehead atoms. The first-order valence-electron chi connectivity index (χ1n) is 32.8. The number of aromatic nitrogens is 2. The van der Waals surface area contributed by atoms with Crippen molar-refractivity contribution in [2.24, 2.45) is 17.0 Å². The Morgan fingerprint density at radius 1 is 0.798 bits per heavy atom. The number of cyclic esters (lactones) is 1. The lowest BCUT2D eigenvalue weighted by molar-refractivity contribution is -0.172. The quantitative estimate of drug-likeness (QED) is 0.00945. The number of ketones is 1. The van der Waals surface area contributed by atoms with E-state index in [-0.39, 0.29) is 86.9 Å². The molecule has 4 heterocycles. The Morgan fingerprint density at radius 3 is 1.95 bits per heavy atom. The number of rotatable bonds is 46. The molecule has 2 aromatic heterocycles. The monoisotopic (exact) mass is 1320 g/mol. The second-order valence-electron chi connectivity index (χ2n) is 23.5. The van der Waals surface area contributed by atoms with E-state index in [0.717, 1.165) is 31.2 Å². The third-order valence-electron chi connectivity index (χ3n) is 16.7. The SMILES string of the molecule is CCCCCC[C@H](CC(=O)[C@@H](NC(=O)CCOCCOCCOCCOCCOCCOCCOCCOCCOCCN=[N+]=[N-])C(C)C)C(=O)Nc1ccc(COC(=O)N[C@H]2CCc3c(C)c(F)cc4nc5c(c2c34)Cn2c-5cc3c(c2=O)COC(=O)[C@]3(O)CC)cc1. The van der Waals surface area contributed by atoms with Crippen LogP contribution in [0.3, 0.4) is 0 Å². The molecule has 0 spiro atoms. The van der Waals surface area contributed by atoms with E-state index in [1.165, 1.54) is 10.6 Å². The average molecular weight is 1320 g/mol. The van der Waals surface area contributed by atoms with Crippen LogP contribution in [0.1, 0.15) is 130 Å². The molecule has 2 aromatic carbocycles. The van der Waals surface area contributed by atoms with E-state index in [2.05, 4.69) is 32.9 Å². The Bertz CT molecular complexity index is 3250. The molecule has 0 fully saturated rings. The number of esters is 1. The van der Waals surface area contributed by atoms with E-state index in [0.29, 0.717) is 182 Å². The number of halogens is 1. The van der Waals surface area contributed by atoms with Gasteiger partial charge in [0, 0.05) is 58.5 Å². The number of nitrogens with zero attached hydrogens (tertiary/aromatic N) is 5. The highest BCUT2D eigenvalue weighted by atomic mass is 19.1. The second kappa shape index (κ2) is 39.1. The number of carbonyl (C=O) groups is 5. The molecular weight excluding hydrogens is 1220 g/mol. The van der Waals surface area contributed by atoms with Crippen LogP contribution < -0.4 is 21.5 Å². The van der Waals surface area contributed by atoms with Gasteiger partial charge in [0.15, 0.2) is 11.4 Å². The van der Waals surface area contributed by atoms with E-state index in [9.17, 15) is 33.9 Å². The Labute approximate surface area is 547 Å². The number of hydrogen-bond donors (Lipinski definition) is 4. The minimum atomic E-state index is -2.03. The van der Waals surface area contributed by atoms with Crippen molar-refractivity contribution in [3.8, 4) is 11.4 Å². The molecule has 516 valence electrons. The summed E-state index contributed by atoms with van der Waals surface area (Å²) in [5.74, 6) is -3.08. The highest BCUT2D eigenvalue weighted by Crippen LogP contribution is 2.46. The van der Waals surface area contributed by atoms with Crippen molar-refractivity contribution in [3.63, 3.8) is 0 Å². The summed E-state index contributed by atoms with van der Waals surface area (Å²) < 4.78 is 77.4. The van der Waals surface area contributed by atoms with Crippen LogP contribution in [-0.2, 0) is 103 Å². The molecule has 7 rings (SSSR count). The van der Waals surface area contributed by atoms with Crippen LogP contribution in [-0.4, -0.2) is 176 Å². The molecule has 2 aliphatic heterocycles. The Morgan fingerprint density at radius 2 is 1.38 bits per heavy atom. The van der Waals surface area contributed by atoms with Crippen molar-refractivity contribution in [1.82, 2.24) is 20.2 Å². The van der Waals surface area contributed by atoms with E-state index in [1.807, 2.05) is 13.8 Å². The molecule has 4 N–H and O–H groups in total. The maximum atomic E-state index is 15.5. The molecule has 3 amide bonds. The lowest BCUT2D eigenvalue weighted by Crippen LogP contribution is -2.45. The van der Waals surface area contributed by atoms with Crippen LogP contribution >= 0.6 is 0 Å². The lowest BCUT2D eigenvalue weighted by Gasteiger charge is -2.31. The first-order valence-corrected chi connectivity index (χ1v) is 32.8. The first-order chi connectivity index (χ1) is 45.6. The minimum Gasteiger partial charge on any atom is -0.458 e. The number of alkyl carbamates (subject to hydrolysis) is 1. The number of nitrogens with one attached hydrogen (secondary N) is 3. The molecule has 0 saturated heterocycles. The third-order valence-corrected chi connectivity index (χ3v) is 16.7. The van der Waals surface area contributed by atoms with Gasteiger partial charge in [0.2, 0.25) is 11.8 Å². The van der Waals surface area contributed by atoms with E-state index in [4.69, 9.17) is 62.6 Å². The zero-order chi connectivity index (χ0) is 67.2. The standard InChI is InChI=1S/C67H93FN8O18/c1-6-8-9-10-11-47(38-57(77)61(44(3)4)74-58(78)18-20-84-22-24-86-26-28-88-30-32-90-34-36-92-37-35-91-33-31-89-29-27-87-25-23-85-21-19-70-75-69)63(79)71-48-14-12-46(13-15-48)42-94-66(82)73-54-17-16-49-45(5)53(68)40-55-59(49)60(54)50-41-76-56(62(50)72-55)39-52-51(64(76)80)43-93-65(81)67(52,83)7-2/h12-15,39-40,44,47,54,61,83H,6-11,16-38,41-43H2,1-5H3,(H,71,79)(H,73,82)(H,74,78)/t47-,54+,61+,67+/m1/s1. The van der Waals surface area contributed by atoms with Gasteiger partial charge in [0.05, 0.1) is 160 Å². The van der Waals surface area contributed by atoms with Crippen molar-refractivity contribution >= 4 is 46.3 Å². The van der Waals surface area contributed by atoms with Gasteiger partial charge in [0.25, 0.3) is 5.56 Å². The third kappa shape index (κ3) is 21.5. The second-order valence-corrected chi connectivity index (χ2v) is 23.5. The number of anilines is 1. The maximum Gasteiger partial charge on any atom is 0.407 e. The fourth-order valence-electron chi connectivity index (χ4n) is 11.5. The fraction of sp³-hybridized carbons (Fsp3) is 0.627. The van der Waals surface area contributed by atoms with Crippen LogP contribution in [0.4, 0.5) is 14.9 Å². The number of carbonyl (C=O) groups excluding carboxylic acids is 5. The molecular formula is C67H93FN8O18. The summed E-state index contributed by atoms with van der Waals surface area (Å²) in [5.41, 5.74) is 10.8. The first kappa shape index (κ1) is 74.4. The summed E-state index contributed by atoms with van der Waals surface area (Å²) in [6.45, 7) is 16.1. The zero-order valence-electron chi connectivity index (χ0n) is 54.9. The minimum absolute atomic E-state index is 0.0296. The summed E-state index contributed by atoms with van der Waals surface area (Å²) in [4.78, 5) is 89.1. The number of amides is 3. The van der Waals surface area contributed by atoms with Crippen LogP contribution in [0.2, 0.25) is 0 Å². The summed E-state index contributed by atoms with van der Waals surface area (Å²) in [5, 5.41) is 24.4.